The van der Waals surface area contributed by atoms with Crippen LogP contribution in [0.15, 0.2) is 28.7 Å². The molecular weight excluding hydrogens is 449 g/mol. The quantitative estimate of drug-likeness (QED) is 0.663. The Balaban J connectivity index is 2.03. The SMILES string of the molecule is CC(C)NC(=O)c1nn2c(c1Cl)N[C@@H](c1ccc(Br)cc1)C[C@H]2C(F)(F)F. The van der Waals surface area contributed by atoms with Gasteiger partial charge in [0.15, 0.2) is 11.7 Å². The molecule has 0 unspecified atom stereocenters. The molecule has 5 nitrogen and oxygen atoms in total. The third-order valence-electron chi connectivity index (χ3n) is 4.20. The van der Waals surface area contributed by atoms with Gasteiger partial charge in [-0.05, 0) is 31.5 Å². The lowest BCUT2D eigenvalue weighted by atomic mass is 9.97. The summed E-state index contributed by atoms with van der Waals surface area (Å²) in [5.41, 5.74) is 0.461. The fourth-order valence-corrected chi connectivity index (χ4v) is 3.51. The van der Waals surface area contributed by atoms with Crippen molar-refractivity contribution in [3.63, 3.8) is 0 Å². The van der Waals surface area contributed by atoms with Crippen molar-refractivity contribution in [1.29, 1.82) is 0 Å². The monoisotopic (exact) mass is 464 g/mol. The van der Waals surface area contributed by atoms with Crippen LogP contribution in [0.3, 0.4) is 0 Å². The van der Waals surface area contributed by atoms with Crippen LogP contribution in [0.1, 0.15) is 48.4 Å². The molecule has 0 aliphatic carbocycles. The molecule has 2 N–H and O–H groups in total. The van der Waals surface area contributed by atoms with E-state index < -0.39 is 24.2 Å². The van der Waals surface area contributed by atoms with Crippen LogP contribution in [0.5, 0.6) is 0 Å². The van der Waals surface area contributed by atoms with E-state index in [-0.39, 0.29) is 29.0 Å². The Hall–Kier alpha value is -1.74. The van der Waals surface area contributed by atoms with Crippen LogP contribution < -0.4 is 10.6 Å². The molecule has 1 aliphatic heterocycles. The van der Waals surface area contributed by atoms with Crippen LogP contribution in [-0.4, -0.2) is 27.9 Å². The Morgan fingerprint density at radius 1 is 1.37 bits per heavy atom. The van der Waals surface area contributed by atoms with Crippen molar-refractivity contribution in [1.82, 2.24) is 15.1 Å². The first-order valence-corrected chi connectivity index (χ1v) is 9.42. The Morgan fingerprint density at radius 2 is 2.00 bits per heavy atom. The number of carbonyl (C=O) groups excluding carboxylic acids is 1. The molecule has 10 heteroatoms. The lowest BCUT2D eigenvalue weighted by molar-refractivity contribution is -0.173. The van der Waals surface area contributed by atoms with Gasteiger partial charge in [-0.25, -0.2) is 4.68 Å². The zero-order valence-corrected chi connectivity index (χ0v) is 16.8. The van der Waals surface area contributed by atoms with Crippen LogP contribution in [0.4, 0.5) is 19.0 Å². The largest absolute Gasteiger partial charge is 0.410 e. The second-order valence-electron chi connectivity index (χ2n) is 6.63. The van der Waals surface area contributed by atoms with Crippen LogP contribution in [0.25, 0.3) is 0 Å². The fourth-order valence-electron chi connectivity index (χ4n) is 2.98. The molecule has 146 valence electrons. The van der Waals surface area contributed by atoms with Gasteiger partial charge in [0, 0.05) is 16.9 Å². The minimum atomic E-state index is -4.54. The van der Waals surface area contributed by atoms with E-state index in [4.69, 9.17) is 11.6 Å². The Labute approximate surface area is 167 Å². The van der Waals surface area contributed by atoms with Gasteiger partial charge < -0.3 is 10.6 Å². The van der Waals surface area contributed by atoms with Gasteiger partial charge in [-0.3, -0.25) is 4.79 Å². The Kier molecular flexibility index (Phi) is 5.45. The van der Waals surface area contributed by atoms with Gasteiger partial charge in [-0.1, -0.05) is 39.7 Å². The second kappa shape index (κ2) is 7.35. The van der Waals surface area contributed by atoms with Crippen molar-refractivity contribution in [2.45, 2.75) is 44.6 Å². The molecule has 2 heterocycles. The van der Waals surface area contributed by atoms with Gasteiger partial charge >= 0.3 is 6.18 Å². The van der Waals surface area contributed by atoms with Gasteiger partial charge in [-0.2, -0.15) is 18.3 Å². The molecule has 3 rings (SSSR count). The van der Waals surface area contributed by atoms with Crippen LogP contribution >= 0.6 is 27.5 Å². The third kappa shape index (κ3) is 4.08. The molecule has 1 amide bonds. The third-order valence-corrected chi connectivity index (χ3v) is 5.09. The Morgan fingerprint density at radius 3 is 2.56 bits per heavy atom. The highest BCUT2D eigenvalue weighted by Gasteiger charge is 2.47. The van der Waals surface area contributed by atoms with E-state index in [1.807, 2.05) is 0 Å². The topological polar surface area (TPSA) is 59.0 Å². The van der Waals surface area contributed by atoms with E-state index in [1.54, 1.807) is 38.1 Å². The predicted octanol–water partition coefficient (Wildman–Crippen LogP) is 5.10. The molecule has 0 saturated carbocycles. The highest BCUT2D eigenvalue weighted by Crippen LogP contribution is 2.46. The van der Waals surface area contributed by atoms with Crippen LogP contribution in [0, 0.1) is 0 Å². The normalized spacial score (nSPS) is 19.6. The summed E-state index contributed by atoms with van der Waals surface area (Å²) in [6.07, 6.45) is -4.80. The van der Waals surface area contributed by atoms with Crippen molar-refractivity contribution < 1.29 is 18.0 Å². The van der Waals surface area contributed by atoms with Gasteiger partial charge in [0.2, 0.25) is 0 Å². The van der Waals surface area contributed by atoms with E-state index in [0.717, 1.165) is 9.15 Å². The number of halogens is 5. The summed E-state index contributed by atoms with van der Waals surface area (Å²) in [4.78, 5) is 12.3. The molecule has 1 aromatic carbocycles. The second-order valence-corrected chi connectivity index (χ2v) is 7.92. The lowest BCUT2D eigenvalue weighted by Gasteiger charge is -2.33. The van der Waals surface area contributed by atoms with Crippen LogP contribution in [-0.2, 0) is 0 Å². The van der Waals surface area contributed by atoms with Crippen molar-refractivity contribution in [3.05, 3.63) is 45.0 Å². The summed E-state index contributed by atoms with van der Waals surface area (Å²) in [5, 5.41) is 9.36. The first-order chi connectivity index (χ1) is 12.6. The maximum Gasteiger partial charge on any atom is 0.410 e. The van der Waals surface area contributed by atoms with Crippen molar-refractivity contribution in [3.8, 4) is 0 Å². The number of carbonyl (C=O) groups is 1. The number of alkyl halides is 3. The minimum absolute atomic E-state index is 0.00735. The number of nitrogens with zero attached hydrogens (tertiary/aromatic N) is 2. The van der Waals surface area contributed by atoms with Crippen molar-refractivity contribution >= 4 is 39.3 Å². The number of hydrogen-bond acceptors (Lipinski definition) is 3. The Bertz CT molecular complexity index is 851. The molecule has 0 bridgehead atoms. The van der Waals surface area contributed by atoms with E-state index in [1.165, 1.54) is 0 Å². The van der Waals surface area contributed by atoms with E-state index in [2.05, 4.69) is 31.7 Å². The van der Waals surface area contributed by atoms with Gasteiger partial charge in [0.05, 0.1) is 6.04 Å². The maximum atomic E-state index is 13.7. The number of aromatic nitrogens is 2. The highest BCUT2D eigenvalue weighted by molar-refractivity contribution is 9.10. The summed E-state index contributed by atoms with van der Waals surface area (Å²) in [6, 6.07) is 4.29. The average Bonchev–Trinajstić information content (AvgIpc) is 2.90. The number of anilines is 1. The van der Waals surface area contributed by atoms with E-state index >= 15 is 0 Å². The van der Waals surface area contributed by atoms with Crippen molar-refractivity contribution in [2.24, 2.45) is 0 Å². The molecule has 1 aliphatic rings. The highest BCUT2D eigenvalue weighted by atomic mass is 79.9. The number of nitrogens with one attached hydrogen (secondary N) is 2. The molecule has 27 heavy (non-hydrogen) atoms. The summed E-state index contributed by atoms with van der Waals surface area (Å²) in [6.45, 7) is 3.48. The standard InChI is InChI=1S/C17H17BrClF3N4O/c1-8(2)23-16(27)14-13(19)15-24-11(9-3-5-10(18)6-4-9)7-12(17(20,21)22)26(15)25-14/h3-6,8,11-12,24H,7H2,1-2H3,(H,23,27)/t11-,12+/m1/s1. The molecule has 1 aromatic heterocycles. The molecular formula is C17H17BrClF3N4O. The molecule has 0 spiro atoms. The van der Waals surface area contributed by atoms with Crippen LogP contribution in [0.2, 0.25) is 5.02 Å². The summed E-state index contributed by atoms with van der Waals surface area (Å²) < 4.78 is 42.7. The smallest absolute Gasteiger partial charge is 0.362 e. The maximum absolute atomic E-state index is 13.7. The molecule has 0 saturated heterocycles. The first kappa shape index (κ1) is 20.0. The summed E-state index contributed by atoms with van der Waals surface area (Å²) >= 11 is 9.54. The van der Waals surface area contributed by atoms with E-state index in [0.29, 0.717) is 5.56 Å². The number of fused-ring (bicyclic) bond motifs is 1. The minimum Gasteiger partial charge on any atom is -0.362 e. The van der Waals surface area contributed by atoms with Gasteiger partial charge in [-0.15, -0.1) is 0 Å². The predicted molar refractivity (Wildman–Crippen MR) is 100 cm³/mol. The molecule has 0 radical (unpaired) electrons. The zero-order valence-electron chi connectivity index (χ0n) is 14.4. The number of hydrogen-bond donors (Lipinski definition) is 2. The van der Waals surface area contributed by atoms with Crippen molar-refractivity contribution in [2.75, 3.05) is 5.32 Å². The number of benzene rings is 1. The van der Waals surface area contributed by atoms with Gasteiger partial charge in [0.25, 0.3) is 5.91 Å². The van der Waals surface area contributed by atoms with E-state index in [9.17, 15) is 18.0 Å². The first-order valence-electron chi connectivity index (χ1n) is 8.25. The van der Waals surface area contributed by atoms with Gasteiger partial charge in [0.1, 0.15) is 10.8 Å². The molecule has 2 atom stereocenters. The number of amides is 1. The molecule has 2 aromatic rings. The fraction of sp³-hybridized carbons (Fsp3) is 0.412. The molecule has 0 fully saturated rings. The summed E-state index contributed by atoms with van der Waals surface area (Å²) in [7, 11) is 0. The summed E-state index contributed by atoms with van der Waals surface area (Å²) in [5.74, 6) is -0.619. The number of rotatable bonds is 3. The lowest BCUT2D eigenvalue weighted by Crippen LogP contribution is -2.36. The zero-order chi connectivity index (χ0) is 19.9. The average molecular weight is 466 g/mol.